The second kappa shape index (κ2) is 6.88. The number of esters is 1. The number of halogens is 1. The highest BCUT2D eigenvalue weighted by Crippen LogP contribution is 2.32. The number of carbonyl (C=O) groups excluding carboxylic acids is 2. The van der Waals surface area contributed by atoms with E-state index in [0.717, 1.165) is 25.2 Å². The zero-order valence-electron chi connectivity index (χ0n) is 12.8. The van der Waals surface area contributed by atoms with Crippen LogP contribution in [0.1, 0.15) is 30.1 Å². The molecule has 23 heavy (non-hydrogen) atoms. The van der Waals surface area contributed by atoms with E-state index in [9.17, 15) is 18.0 Å². The van der Waals surface area contributed by atoms with Crippen LogP contribution in [0.2, 0.25) is 5.02 Å². The van der Waals surface area contributed by atoms with Crippen molar-refractivity contribution in [2.24, 2.45) is 5.92 Å². The van der Waals surface area contributed by atoms with Gasteiger partial charge in [0.15, 0.2) is 16.4 Å². The van der Waals surface area contributed by atoms with Crippen molar-refractivity contribution in [3.63, 3.8) is 0 Å². The molecule has 1 aromatic rings. The number of ether oxygens (including phenoxy) is 1. The lowest BCUT2D eigenvalue weighted by Crippen LogP contribution is -2.37. The van der Waals surface area contributed by atoms with Gasteiger partial charge in [-0.05, 0) is 43.9 Å². The largest absolute Gasteiger partial charge is 0.452 e. The number of benzene rings is 1. The van der Waals surface area contributed by atoms with Gasteiger partial charge in [-0.1, -0.05) is 11.6 Å². The lowest BCUT2D eigenvalue weighted by molar-refractivity contribution is -0.124. The van der Waals surface area contributed by atoms with Crippen molar-refractivity contribution < 1.29 is 22.7 Å². The van der Waals surface area contributed by atoms with Crippen LogP contribution in [0.5, 0.6) is 0 Å². The first-order chi connectivity index (χ1) is 10.7. The van der Waals surface area contributed by atoms with Crippen LogP contribution in [-0.2, 0) is 19.4 Å². The van der Waals surface area contributed by atoms with Crippen molar-refractivity contribution in [2.45, 2.75) is 30.7 Å². The zero-order chi connectivity index (χ0) is 17.2. The Morgan fingerprint density at radius 2 is 2.04 bits per heavy atom. The van der Waals surface area contributed by atoms with E-state index in [1.807, 2.05) is 6.92 Å². The molecule has 1 N–H and O–H groups in total. The van der Waals surface area contributed by atoms with Crippen molar-refractivity contribution in [3.05, 3.63) is 28.8 Å². The Kier molecular flexibility index (Phi) is 5.31. The number of sulfone groups is 1. The van der Waals surface area contributed by atoms with Crippen LogP contribution in [0.15, 0.2) is 23.1 Å². The maximum absolute atomic E-state index is 12.0. The third-order valence-electron chi connectivity index (χ3n) is 3.64. The maximum atomic E-state index is 12.0. The quantitative estimate of drug-likeness (QED) is 0.782. The highest BCUT2D eigenvalue weighted by molar-refractivity contribution is 7.90. The number of carbonyl (C=O) groups is 2. The van der Waals surface area contributed by atoms with E-state index in [2.05, 4.69) is 5.32 Å². The average Bonchev–Trinajstić information content (AvgIpc) is 3.28. The fourth-order valence-electron chi connectivity index (χ4n) is 2.11. The molecule has 1 amide bonds. The standard InChI is InChI=1S/C15H18ClNO5S/c1-9(10-3-4-10)17-14(18)8-22-15(19)12-7-11(23(2,20)21)5-6-13(12)16/h5-7,9-10H,3-4,8H2,1-2H3,(H,17,18)/t9-/m1/s1. The predicted molar refractivity (Wildman–Crippen MR) is 85.2 cm³/mol. The molecule has 6 nitrogen and oxygen atoms in total. The van der Waals surface area contributed by atoms with Crippen LogP contribution in [0, 0.1) is 5.92 Å². The fourth-order valence-corrected chi connectivity index (χ4v) is 2.95. The third-order valence-corrected chi connectivity index (χ3v) is 5.08. The first-order valence-corrected chi connectivity index (χ1v) is 9.41. The lowest BCUT2D eigenvalue weighted by Gasteiger charge is -2.13. The maximum Gasteiger partial charge on any atom is 0.340 e. The topological polar surface area (TPSA) is 89.5 Å². The Bertz CT molecular complexity index is 727. The van der Waals surface area contributed by atoms with E-state index < -0.39 is 28.3 Å². The predicted octanol–water partition coefficient (Wildman–Crippen LogP) is 1.81. The fraction of sp³-hybridized carbons (Fsp3) is 0.467. The number of amides is 1. The van der Waals surface area contributed by atoms with Crippen LogP contribution in [0.4, 0.5) is 0 Å². The molecule has 0 unspecified atom stereocenters. The molecule has 126 valence electrons. The molecular weight excluding hydrogens is 342 g/mol. The summed E-state index contributed by atoms with van der Waals surface area (Å²) in [5, 5.41) is 2.82. The highest BCUT2D eigenvalue weighted by atomic mass is 35.5. The van der Waals surface area contributed by atoms with Gasteiger partial charge in [-0.2, -0.15) is 0 Å². The molecular formula is C15H18ClNO5S. The second-order valence-corrected chi connectivity index (χ2v) is 8.11. The summed E-state index contributed by atoms with van der Waals surface area (Å²) < 4.78 is 27.9. The van der Waals surface area contributed by atoms with Gasteiger partial charge in [0.25, 0.3) is 5.91 Å². The summed E-state index contributed by atoms with van der Waals surface area (Å²) in [6.45, 7) is 1.47. The molecule has 1 saturated carbocycles. The first kappa shape index (κ1) is 17.7. The third kappa shape index (κ3) is 4.94. The van der Waals surface area contributed by atoms with Gasteiger partial charge in [-0.25, -0.2) is 13.2 Å². The van der Waals surface area contributed by atoms with Gasteiger partial charge in [-0.3, -0.25) is 4.79 Å². The SMILES string of the molecule is C[C@@H](NC(=O)COC(=O)c1cc(S(C)(=O)=O)ccc1Cl)C1CC1. The minimum atomic E-state index is -3.47. The molecule has 2 rings (SSSR count). The normalized spacial score (nSPS) is 15.8. The molecule has 1 aromatic carbocycles. The second-order valence-electron chi connectivity index (χ2n) is 5.68. The molecule has 0 heterocycles. The molecule has 0 spiro atoms. The Hall–Kier alpha value is -1.60. The van der Waals surface area contributed by atoms with Crippen molar-refractivity contribution in [3.8, 4) is 0 Å². The van der Waals surface area contributed by atoms with E-state index in [1.54, 1.807) is 0 Å². The van der Waals surface area contributed by atoms with Gasteiger partial charge < -0.3 is 10.1 Å². The van der Waals surface area contributed by atoms with Crippen molar-refractivity contribution in [2.75, 3.05) is 12.9 Å². The molecule has 1 fully saturated rings. The lowest BCUT2D eigenvalue weighted by atomic mass is 10.2. The van der Waals surface area contributed by atoms with E-state index in [-0.39, 0.29) is 21.5 Å². The van der Waals surface area contributed by atoms with E-state index in [0.29, 0.717) is 5.92 Å². The number of hydrogen-bond donors (Lipinski definition) is 1. The summed E-state index contributed by atoms with van der Waals surface area (Å²) in [4.78, 5) is 23.7. The van der Waals surface area contributed by atoms with Crippen molar-refractivity contribution >= 4 is 33.3 Å². The first-order valence-electron chi connectivity index (χ1n) is 7.14. The molecule has 0 aromatic heterocycles. The Balaban J connectivity index is 1.98. The molecule has 0 aliphatic heterocycles. The summed E-state index contributed by atoms with van der Waals surface area (Å²) in [5.74, 6) is -0.738. The number of nitrogens with one attached hydrogen (secondary N) is 1. The van der Waals surface area contributed by atoms with Gasteiger partial charge in [0, 0.05) is 12.3 Å². The van der Waals surface area contributed by atoms with Crippen LogP contribution in [0.3, 0.4) is 0 Å². The molecule has 1 atom stereocenters. The van der Waals surface area contributed by atoms with Crippen LogP contribution in [0.25, 0.3) is 0 Å². The van der Waals surface area contributed by atoms with Crippen LogP contribution < -0.4 is 5.32 Å². The van der Waals surface area contributed by atoms with Gasteiger partial charge in [0.2, 0.25) is 0 Å². The van der Waals surface area contributed by atoms with E-state index in [1.165, 1.54) is 12.1 Å². The minimum absolute atomic E-state index is 0.0411. The molecule has 0 saturated heterocycles. The minimum Gasteiger partial charge on any atom is -0.452 e. The smallest absolute Gasteiger partial charge is 0.340 e. The van der Waals surface area contributed by atoms with Gasteiger partial charge in [0.05, 0.1) is 15.5 Å². The molecule has 1 aliphatic rings. The van der Waals surface area contributed by atoms with Crippen LogP contribution >= 0.6 is 11.6 Å². The average molecular weight is 360 g/mol. The Labute approximate surface area is 140 Å². The van der Waals surface area contributed by atoms with Gasteiger partial charge in [0.1, 0.15) is 0 Å². The summed E-state index contributed by atoms with van der Waals surface area (Å²) in [5.41, 5.74) is -0.0855. The number of rotatable bonds is 6. The van der Waals surface area contributed by atoms with Crippen molar-refractivity contribution in [1.82, 2.24) is 5.32 Å². The molecule has 8 heteroatoms. The summed E-state index contributed by atoms with van der Waals surface area (Å²) in [6, 6.07) is 3.81. The van der Waals surface area contributed by atoms with Crippen molar-refractivity contribution in [1.29, 1.82) is 0 Å². The highest BCUT2D eigenvalue weighted by Gasteiger charge is 2.29. The Morgan fingerprint density at radius 1 is 1.39 bits per heavy atom. The van der Waals surface area contributed by atoms with E-state index in [4.69, 9.17) is 16.3 Å². The van der Waals surface area contributed by atoms with Gasteiger partial charge in [-0.15, -0.1) is 0 Å². The number of hydrogen-bond acceptors (Lipinski definition) is 5. The summed E-state index contributed by atoms with van der Waals surface area (Å²) in [7, 11) is -3.47. The van der Waals surface area contributed by atoms with Crippen LogP contribution in [-0.4, -0.2) is 39.2 Å². The summed E-state index contributed by atoms with van der Waals surface area (Å²) in [6.07, 6.45) is 3.21. The molecule has 1 aliphatic carbocycles. The Morgan fingerprint density at radius 3 is 2.61 bits per heavy atom. The summed E-state index contributed by atoms with van der Waals surface area (Å²) >= 11 is 5.89. The van der Waals surface area contributed by atoms with Gasteiger partial charge >= 0.3 is 5.97 Å². The zero-order valence-corrected chi connectivity index (χ0v) is 14.4. The molecule has 0 radical (unpaired) electrons. The molecule has 0 bridgehead atoms. The monoisotopic (exact) mass is 359 g/mol. The van der Waals surface area contributed by atoms with E-state index >= 15 is 0 Å².